The lowest BCUT2D eigenvalue weighted by atomic mass is 9.99. The first-order valence-corrected chi connectivity index (χ1v) is 8.47. The predicted molar refractivity (Wildman–Crippen MR) is 77.0 cm³/mol. The number of rotatable bonds is 5. The molecule has 0 aromatic heterocycles. The van der Waals surface area contributed by atoms with Crippen LogP contribution in [0.1, 0.15) is 6.92 Å². The van der Waals surface area contributed by atoms with Gasteiger partial charge in [-0.05, 0) is 30.2 Å². The summed E-state index contributed by atoms with van der Waals surface area (Å²) < 4.78 is 66.8. The number of sulfonamides is 1. The van der Waals surface area contributed by atoms with Crippen molar-refractivity contribution in [2.24, 2.45) is 11.8 Å². The van der Waals surface area contributed by atoms with Crippen molar-refractivity contribution in [3.63, 3.8) is 0 Å². The Labute approximate surface area is 136 Å². The maximum Gasteiger partial charge on any atom is 0.422 e. The van der Waals surface area contributed by atoms with Crippen LogP contribution in [0.2, 0.25) is 0 Å². The Morgan fingerprint density at radius 1 is 1.29 bits per heavy atom. The zero-order valence-electron chi connectivity index (χ0n) is 12.7. The molecule has 1 aliphatic rings. The molecule has 1 aliphatic heterocycles. The number of alkyl halides is 3. The van der Waals surface area contributed by atoms with Gasteiger partial charge in [0.1, 0.15) is 5.75 Å². The minimum absolute atomic E-state index is 0.0750. The molecule has 1 saturated heterocycles. The highest BCUT2D eigenvalue weighted by atomic mass is 32.2. The third-order valence-electron chi connectivity index (χ3n) is 3.76. The molecule has 1 heterocycles. The lowest BCUT2D eigenvalue weighted by Crippen LogP contribution is -2.30. The molecule has 0 saturated carbocycles. The molecular formula is C14H16F3NO5S. The quantitative estimate of drug-likeness (QED) is 0.860. The number of hydrogen-bond donors (Lipinski definition) is 1. The lowest BCUT2D eigenvalue weighted by Gasteiger charge is -2.16. The van der Waals surface area contributed by atoms with Crippen LogP contribution in [0.5, 0.6) is 5.75 Å². The van der Waals surface area contributed by atoms with Crippen molar-refractivity contribution in [3.8, 4) is 5.75 Å². The Morgan fingerprint density at radius 3 is 2.33 bits per heavy atom. The van der Waals surface area contributed by atoms with E-state index in [-0.39, 0.29) is 29.7 Å². The zero-order chi connectivity index (χ0) is 18.1. The molecule has 1 N–H and O–H groups in total. The van der Waals surface area contributed by atoms with Crippen molar-refractivity contribution in [1.29, 1.82) is 0 Å². The van der Waals surface area contributed by atoms with Gasteiger partial charge >= 0.3 is 12.1 Å². The first kappa shape index (κ1) is 18.5. The average molecular weight is 367 g/mol. The fourth-order valence-electron chi connectivity index (χ4n) is 2.46. The molecule has 24 heavy (non-hydrogen) atoms. The number of ether oxygens (including phenoxy) is 1. The van der Waals surface area contributed by atoms with E-state index in [1.807, 2.05) is 0 Å². The number of hydrogen-bond acceptors (Lipinski definition) is 4. The van der Waals surface area contributed by atoms with Crippen LogP contribution in [0.25, 0.3) is 0 Å². The SMILES string of the molecule is C[C@@H]1CN(S(=O)(=O)c2ccc(OCC(F)(F)F)cc2)C[C@H]1C(=O)O. The fraction of sp³-hybridized carbons (Fsp3) is 0.500. The second kappa shape index (κ2) is 6.60. The largest absolute Gasteiger partial charge is 0.484 e. The van der Waals surface area contributed by atoms with E-state index < -0.39 is 34.7 Å². The van der Waals surface area contributed by atoms with Crippen molar-refractivity contribution < 1.29 is 36.2 Å². The Morgan fingerprint density at radius 2 is 1.88 bits per heavy atom. The predicted octanol–water partition coefficient (Wildman–Crippen LogP) is 1.97. The highest BCUT2D eigenvalue weighted by molar-refractivity contribution is 7.89. The molecule has 0 amide bonds. The molecular weight excluding hydrogens is 351 g/mol. The monoisotopic (exact) mass is 367 g/mol. The molecule has 1 aromatic rings. The molecule has 6 nitrogen and oxygen atoms in total. The summed E-state index contributed by atoms with van der Waals surface area (Å²) in [6, 6.07) is 4.54. The zero-order valence-corrected chi connectivity index (χ0v) is 13.5. The van der Waals surface area contributed by atoms with Gasteiger partial charge in [-0.1, -0.05) is 6.92 Å². The van der Waals surface area contributed by atoms with E-state index in [2.05, 4.69) is 4.74 Å². The van der Waals surface area contributed by atoms with Crippen molar-refractivity contribution in [1.82, 2.24) is 4.31 Å². The highest BCUT2D eigenvalue weighted by Crippen LogP contribution is 2.29. The van der Waals surface area contributed by atoms with Crippen LogP contribution < -0.4 is 4.74 Å². The fourth-order valence-corrected chi connectivity index (χ4v) is 4.03. The van der Waals surface area contributed by atoms with Gasteiger partial charge in [-0.2, -0.15) is 17.5 Å². The molecule has 0 radical (unpaired) electrons. The van der Waals surface area contributed by atoms with Crippen LogP contribution >= 0.6 is 0 Å². The van der Waals surface area contributed by atoms with E-state index in [1.54, 1.807) is 6.92 Å². The first-order chi connectivity index (χ1) is 11.0. The van der Waals surface area contributed by atoms with Gasteiger partial charge in [-0.3, -0.25) is 4.79 Å². The van der Waals surface area contributed by atoms with Gasteiger partial charge in [0.25, 0.3) is 0 Å². The highest BCUT2D eigenvalue weighted by Gasteiger charge is 2.40. The smallest absolute Gasteiger partial charge is 0.422 e. The second-order valence-corrected chi connectivity index (χ2v) is 7.56. The van der Waals surface area contributed by atoms with Crippen molar-refractivity contribution in [2.75, 3.05) is 19.7 Å². The van der Waals surface area contributed by atoms with Crippen LogP contribution in [0.3, 0.4) is 0 Å². The maximum absolute atomic E-state index is 12.5. The number of benzene rings is 1. The minimum Gasteiger partial charge on any atom is -0.484 e. The van der Waals surface area contributed by atoms with Crippen molar-refractivity contribution in [3.05, 3.63) is 24.3 Å². The second-order valence-electron chi connectivity index (χ2n) is 5.62. The summed E-state index contributed by atoms with van der Waals surface area (Å²) in [5.74, 6) is -2.28. The third kappa shape index (κ3) is 4.18. The Hall–Kier alpha value is -1.81. The van der Waals surface area contributed by atoms with Gasteiger partial charge in [-0.25, -0.2) is 8.42 Å². The Bertz CT molecular complexity index is 702. The first-order valence-electron chi connectivity index (χ1n) is 7.03. The molecule has 1 fully saturated rings. The topological polar surface area (TPSA) is 83.9 Å². The van der Waals surface area contributed by atoms with Gasteiger partial charge in [0.05, 0.1) is 10.8 Å². The molecule has 134 valence electrons. The molecule has 0 aliphatic carbocycles. The molecule has 0 unspecified atom stereocenters. The molecule has 2 atom stereocenters. The molecule has 0 spiro atoms. The minimum atomic E-state index is -4.48. The number of carbonyl (C=O) groups is 1. The summed E-state index contributed by atoms with van der Waals surface area (Å²) in [5, 5.41) is 9.07. The number of nitrogens with zero attached hydrogens (tertiary/aromatic N) is 1. The molecule has 10 heteroatoms. The summed E-state index contributed by atoms with van der Waals surface area (Å²) in [7, 11) is -3.91. The summed E-state index contributed by atoms with van der Waals surface area (Å²) in [6.07, 6.45) is -4.48. The maximum atomic E-state index is 12.5. The van der Waals surface area contributed by atoms with E-state index in [0.29, 0.717) is 0 Å². The van der Waals surface area contributed by atoms with Crippen LogP contribution in [-0.4, -0.2) is 49.7 Å². The van der Waals surface area contributed by atoms with Crippen LogP contribution in [0.4, 0.5) is 13.2 Å². The molecule has 0 bridgehead atoms. The molecule has 2 rings (SSSR count). The van der Waals surface area contributed by atoms with Gasteiger partial charge in [-0.15, -0.1) is 0 Å². The lowest BCUT2D eigenvalue weighted by molar-refractivity contribution is -0.153. The van der Waals surface area contributed by atoms with Crippen LogP contribution in [0, 0.1) is 11.8 Å². The van der Waals surface area contributed by atoms with E-state index in [1.165, 1.54) is 0 Å². The Kier molecular flexibility index (Phi) is 5.09. The normalized spacial score (nSPS) is 22.5. The van der Waals surface area contributed by atoms with E-state index >= 15 is 0 Å². The summed E-state index contributed by atoms with van der Waals surface area (Å²) >= 11 is 0. The van der Waals surface area contributed by atoms with Crippen LogP contribution in [-0.2, 0) is 14.8 Å². The number of carboxylic acid groups (broad SMARTS) is 1. The van der Waals surface area contributed by atoms with E-state index in [4.69, 9.17) is 5.11 Å². The van der Waals surface area contributed by atoms with Crippen LogP contribution in [0.15, 0.2) is 29.2 Å². The number of aliphatic carboxylic acids is 1. The van der Waals surface area contributed by atoms with Gasteiger partial charge in [0.2, 0.25) is 10.0 Å². The van der Waals surface area contributed by atoms with E-state index in [0.717, 1.165) is 28.6 Å². The number of carboxylic acids is 1. The van der Waals surface area contributed by atoms with Gasteiger partial charge < -0.3 is 9.84 Å². The average Bonchev–Trinajstić information content (AvgIpc) is 2.88. The summed E-state index contributed by atoms with van der Waals surface area (Å²) in [4.78, 5) is 11.0. The van der Waals surface area contributed by atoms with E-state index in [9.17, 15) is 26.4 Å². The number of halogens is 3. The summed E-state index contributed by atoms with van der Waals surface area (Å²) in [5.41, 5.74) is 0. The van der Waals surface area contributed by atoms with Gasteiger partial charge in [0.15, 0.2) is 6.61 Å². The summed E-state index contributed by atoms with van der Waals surface area (Å²) in [6.45, 7) is 0.127. The van der Waals surface area contributed by atoms with Crippen molar-refractivity contribution >= 4 is 16.0 Å². The molecule has 1 aromatic carbocycles. The Balaban J connectivity index is 2.12. The third-order valence-corrected chi connectivity index (χ3v) is 5.61. The standard InChI is InChI=1S/C14H16F3NO5S/c1-9-6-18(7-12(9)13(19)20)24(21,22)11-4-2-10(3-5-11)23-8-14(15,16)17/h2-5,9,12H,6-8H2,1H3,(H,19,20)/t9-,12-/m1/s1. The van der Waals surface area contributed by atoms with Gasteiger partial charge in [0, 0.05) is 13.1 Å². The van der Waals surface area contributed by atoms with Crippen molar-refractivity contribution in [2.45, 2.75) is 18.0 Å².